The van der Waals surface area contributed by atoms with Crippen LogP contribution in [-0.2, 0) is 9.59 Å². The Morgan fingerprint density at radius 2 is 2.08 bits per heavy atom. The smallest absolute Gasteiger partial charge is 0.327 e. The van der Waals surface area contributed by atoms with Crippen molar-refractivity contribution in [2.45, 2.75) is 11.4 Å². The number of aromatic nitrogens is 2. The van der Waals surface area contributed by atoms with Gasteiger partial charge in [-0.2, -0.15) is 0 Å². The number of nitrogens with one attached hydrogen (secondary N) is 2. The van der Waals surface area contributed by atoms with Gasteiger partial charge in [-0.15, -0.1) is 11.8 Å². The van der Waals surface area contributed by atoms with Crippen molar-refractivity contribution < 1.29 is 19.5 Å². The minimum Gasteiger partial charge on any atom is -0.480 e. The molecule has 9 heteroatoms. The van der Waals surface area contributed by atoms with E-state index in [1.165, 1.54) is 29.1 Å². The Hall–Kier alpha value is -2.81. The quantitative estimate of drug-likeness (QED) is 0.729. The van der Waals surface area contributed by atoms with Crippen molar-refractivity contribution in [3.05, 3.63) is 54.1 Å². The van der Waals surface area contributed by atoms with E-state index < -0.39 is 29.2 Å². The van der Waals surface area contributed by atoms with Gasteiger partial charge in [-0.1, -0.05) is 30.3 Å². The highest BCUT2D eigenvalue weighted by Gasteiger charge is 2.42. The van der Waals surface area contributed by atoms with Gasteiger partial charge in [0.05, 0.1) is 6.54 Å². The Bertz CT molecular complexity index is 766. The highest BCUT2D eigenvalue weighted by Crippen LogP contribution is 2.41. The van der Waals surface area contributed by atoms with E-state index >= 15 is 0 Å². The average Bonchev–Trinajstić information content (AvgIpc) is 3.29. The first-order chi connectivity index (χ1) is 12.1. The van der Waals surface area contributed by atoms with Crippen LogP contribution in [0.1, 0.15) is 21.6 Å². The molecule has 0 bridgehead atoms. The average molecular weight is 360 g/mol. The molecule has 0 radical (unpaired) electrons. The van der Waals surface area contributed by atoms with Crippen molar-refractivity contribution in [3.63, 3.8) is 0 Å². The van der Waals surface area contributed by atoms with Gasteiger partial charge in [0, 0.05) is 18.1 Å². The molecule has 3 rings (SSSR count). The summed E-state index contributed by atoms with van der Waals surface area (Å²) in [6.07, 6.45) is 2.93. The number of amides is 2. The van der Waals surface area contributed by atoms with Gasteiger partial charge in [-0.05, 0) is 5.56 Å². The van der Waals surface area contributed by atoms with Crippen molar-refractivity contribution >= 4 is 29.5 Å². The lowest BCUT2D eigenvalue weighted by molar-refractivity contribution is -0.148. The van der Waals surface area contributed by atoms with E-state index in [-0.39, 0.29) is 12.4 Å². The highest BCUT2D eigenvalue weighted by molar-refractivity contribution is 7.99. The summed E-state index contributed by atoms with van der Waals surface area (Å²) >= 11 is 1.39. The summed E-state index contributed by atoms with van der Waals surface area (Å²) in [5.41, 5.74) is 0.849. The summed E-state index contributed by atoms with van der Waals surface area (Å²) in [6, 6.07) is 8.31. The topological polar surface area (TPSA) is 115 Å². The zero-order valence-corrected chi connectivity index (χ0v) is 13.9. The number of carboxylic acid groups (broad SMARTS) is 1. The van der Waals surface area contributed by atoms with Crippen LogP contribution in [0.5, 0.6) is 0 Å². The molecule has 0 saturated carbocycles. The van der Waals surface area contributed by atoms with Gasteiger partial charge in [-0.25, -0.2) is 9.78 Å². The molecule has 1 aliphatic rings. The zero-order chi connectivity index (χ0) is 17.8. The molecule has 3 N–H and O–H groups in total. The second-order valence-electron chi connectivity index (χ2n) is 5.37. The van der Waals surface area contributed by atoms with Gasteiger partial charge in [0.2, 0.25) is 5.91 Å². The predicted octanol–water partition coefficient (Wildman–Crippen LogP) is 0.867. The Labute approximate surface area is 147 Å². The number of thioether (sulfide) groups is 1. The third-order valence-corrected chi connectivity index (χ3v) is 5.09. The van der Waals surface area contributed by atoms with Crippen molar-refractivity contribution in [1.82, 2.24) is 20.2 Å². The number of carboxylic acids is 1. The van der Waals surface area contributed by atoms with Crippen molar-refractivity contribution in [2.24, 2.45) is 0 Å². The van der Waals surface area contributed by atoms with Crippen molar-refractivity contribution in [3.8, 4) is 0 Å². The molecule has 130 valence electrons. The molecule has 0 unspecified atom stereocenters. The molecular weight excluding hydrogens is 344 g/mol. The maximum absolute atomic E-state index is 12.6. The molecule has 8 nitrogen and oxygen atoms in total. The molecule has 1 fully saturated rings. The number of hydrogen-bond donors (Lipinski definition) is 3. The SMILES string of the molecule is O=C(NCC(=O)N1[C@@H](c2ccccc2)SC[C@H]1C(=O)O)c1ncc[nH]1. The molecule has 25 heavy (non-hydrogen) atoms. The Morgan fingerprint density at radius 3 is 2.72 bits per heavy atom. The summed E-state index contributed by atoms with van der Waals surface area (Å²) < 4.78 is 0. The minimum atomic E-state index is -1.06. The minimum absolute atomic E-state index is 0.0954. The molecule has 2 atom stereocenters. The number of carbonyl (C=O) groups is 3. The van der Waals surface area contributed by atoms with Crippen LogP contribution in [0, 0.1) is 0 Å². The Kier molecular flexibility index (Phi) is 5.03. The van der Waals surface area contributed by atoms with Gasteiger partial charge >= 0.3 is 5.97 Å². The van der Waals surface area contributed by atoms with E-state index in [4.69, 9.17) is 0 Å². The van der Waals surface area contributed by atoms with Gasteiger partial charge in [0.25, 0.3) is 5.91 Å². The second kappa shape index (κ2) is 7.39. The Morgan fingerprint density at radius 1 is 1.32 bits per heavy atom. The number of hydrogen-bond acceptors (Lipinski definition) is 5. The maximum atomic E-state index is 12.6. The number of H-pyrrole nitrogens is 1. The molecule has 2 heterocycles. The summed E-state index contributed by atoms with van der Waals surface area (Å²) in [5, 5.41) is 11.5. The van der Waals surface area contributed by atoms with Crippen LogP contribution in [0.15, 0.2) is 42.7 Å². The standard InChI is InChI=1S/C16H16N4O4S/c21-12(8-19-14(22)13-17-6-7-18-13)20-11(16(23)24)9-25-15(20)10-4-2-1-3-5-10/h1-7,11,15H,8-9H2,(H,17,18)(H,19,22)(H,23,24)/t11-,15+/m0/s1. The van der Waals surface area contributed by atoms with Crippen molar-refractivity contribution in [2.75, 3.05) is 12.3 Å². The lowest BCUT2D eigenvalue weighted by Gasteiger charge is -2.27. The van der Waals surface area contributed by atoms with Gasteiger partial charge in [0.15, 0.2) is 5.82 Å². The monoisotopic (exact) mass is 360 g/mol. The number of rotatable bonds is 5. The first kappa shape index (κ1) is 17.0. The van der Waals surface area contributed by atoms with E-state index in [0.29, 0.717) is 5.75 Å². The van der Waals surface area contributed by atoms with Crippen LogP contribution in [0.4, 0.5) is 0 Å². The van der Waals surface area contributed by atoms with Crippen LogP contribution >= 0.6 is 11.8 Å². The summed E-state index contributed by atoms with van der Waals surface area (Å²) in [7, 11) is 0. The highest BCUT2D eigenvalue weighted by atomic mass is 32.2. The largest absolute Gasteiger partial charge is 0.480 e. The van der Waals surface area contributed by atoms with E-state index in [1.54, 1.807) is 0 Å². The molecule has 0 spiro atoms. The summed E-state index contributed by atoms with van der Waals surface area (Å²) in [6.45, 7) is -0.298. The van der Waals surface area contributed by atoms with E-state index in [1.807, 2.05) is 30.3 Å². The molecule has 1 aromatic carbocycles. The van der Waals surface area contributed by atoms with Crippen LogP contribution in [-0.4, -0.2) is 56.1 Å². The maximum Gasteiger partial charge on any atom is 0.327 e. The van der Waals surface area contributed by atoms with Gasteiger partial charge in [-0.3, -0.25) is 9.59 Å². The van der Waals surface area contributed by atoms with Crippen LogP contribution in [0.25, 0.3) is 0 Å². The van der Waals surface area contributed by atoms with E-state index in [9.17, 15) is 19.5 Å². The first-order valence-electron chi connectivity index (χ1n) is 7.56. The van der Waals surface area contributed by atoms with Crippen molar-refractivity contribution in [1.29, 1.82) is 0 Å². The van der Waals surface area contributed by atoms with Crippen LogP contribution < -0.4 is 5.32 Å². The fourth-order valence-corrected chi connectivity index (χ4v) is 4.04. The van der Waals surface area contributed by atoms with Crippen LogP contribution in [0.3, 0.4) is 0 Å². The number of aromatic amines is 1. The van der Waals surface area contributed by atoms with Gasteiger partial charge < -0.3 is 20.3 Å². The second-order valence-corrected chi connectivity index (χ2v) is 6.49. The molecule has 0 aliphatic carbocycles. The molecular formula is C16H16N4O4S. The first-order valence-corrected chi connectivity index (χ1v) is 8.61. The number of imidazole rings is 1. The Balaban J connectivity index is 1.74. The molecule has 1 saturated heterocycles. The van der Waals surface area contributed by atoms with Crippen LogP contribution in [0.2, 0.25) is 0 Å². The number of nitrogens with zero attached hydrogens (tertiary/aromatic N) is 2. The third kappa shape index (κ3) is 3.66. The molecule has 1 aliphatic heterocycles. The third-order valence-electron chi connectivity index (χ3n) is 3.77. The predicted molar refractivity (Wildman–Crippen MR) is 90.8 cm³/mol. The number of carbonyl (C=O) groups excluding carboxylic acids is 2. The zero-order valence-electron chi connectivity index (χ0n) is 13.1. The normalized spacial score (nSPS) is 19.6. The summed E-state index contributed by atoms with van der Waals surface area (Å²) in [4.78, 5) is 43.8. The molecule has 1 aromatic heterocycles. The van der Waals surface area contributed by atoms with Gasteiger partial charge in [0.1, 0.15) is 11.4 Å². The van der Waals surface area contributed by atoms with E-state index in [0.717, 1.165) is 5.56 Å². The fourth-order valence-electron chi connectivity index (χ4n) is 2.60. The lowest BCUT2D eigenvalue weighted by atomic mass is 10.1. The van der Waals surface area contributed by atoms with E-state index in [2.05, 4.69) is 15.3 Å². The fraction of sp³-hybridized carbons (Fsp3) is 0.250. The summed E-state index contributed by atoms with van der Waals surface area (Å²) in [5.74, 6) is -1.64. The molecule has 2 aromatic rings. The molecule has 2 amide bonds. The lowest BCUT2D eigenvalue weighted by Crippen LogP contribution is -2.47. The number of benzene rings is 1. The number of aliphatic carboxylic acids is 1.